The Kier molecular flexibility index (Phi) is 3.40. The highest BCUT2D eigenvalue weighted by Crippen LogP contribution is 2.46. The molecule has 0 amide bonds. The summed E-state index contributed by atoms with van der Waals surface area (Å²) in [4.78, 5) is 12.2. The lowest BCUT2D eigenvalue weighted by Gasteiger charge is -2.40. The minimum absolute atomic E-state index is 0.183. The predicted molar refractivity (Wildman–Crippen MR) is 88.4 cm³/mol. The number of cyclic esters (lactones) is 1. The third kappa shape index (κ3) is 2.16. The van der Waals surface area contributed by atoms with Crippen molar-refractivity contribution >= 4 is 11.5 Å². The maximum atomic E-state index is 12.2. The Balaban J connectivity index is 2.07. The average molecular weight is 292 g/mol. The summed E-state index contributed by atoms with van der Waals surface area (Å²) in [6.45, 7) is 8.06. The van der Waals surface area contributed by atoms with Crippen LogP contribution in [0.5, 0.6) is 0 Å². The van der Waals surface area contributed by atoms with Crippen molar-refractivity contribution in [2.75, 3.05) is 0 Å². The topological polar surface area (TPSA) is 26.3 Å². The van der Waals surface area contributed by atoms with Gasteiger partial charge in [-0.25, -0.2) is 0 Å². The summed E-state index contributed by atoms with van der Waals surface area (Å²) >= 11 is 0. The second-order valence-corrected chi connectivity index (χ2v) is 6.20. The summed E-state index contributed by atoms with van der Waals surface area (Å²) in [7, 11) is 0. The molecule has 1 atom stereocenters. The van der Waals surface area contributed by atoms with Crippen molar-refractivity contribution in [1.82, 2.24) is 0 Å². The molecule has 0 spiro atoms. The number of carbonyl (C=O) groups is 1. The number of aryl methyl sites for hydroxylation is 2. The molecule has 0 N–H and O–H groups in total. The van der Waals surface area contributed by atoms with Crippen LogP contribution in [0.2, 0.25) is 0 Å². The van der Waals surface area contributed by atoms with Crippen molar-refractivity contribution < 1.29 is 9.53 Å². The Labute approximate surface area is 131 Å². The van der Waals surface area contributed by atoms with Crippen LogP contribution in [0.15, 0.2) is 54.3 Å². The highest BCUT2D eigenvalue weighted by atomic mass is 16.6. The van der Waals surface area contributed by atoms with Gasteiger partial charge in [-0.05, 0) is 44.4 Å². The first kappa shape index (κ1) is 14.6. The number of ether oxygens (including phenoxy) is 1. The second kappa shape index (κ2) is 5.13. The van der Waals surface area contributed by atoms with Gasteiger partial charge in [-0.1, -0.05) is 59.7 Å². The van der Waals surface area contributed by atoms with Crippen LogP contribution in [-0.4, -0.2) is 5.97 Å². The molecule has 1 heterocycles. The predicted octanol–water partition coefficient (Wildman–Crippen LogP) is 4.55. The summed E-state index contributed by atoms with van der Waals surface area (Å²) in [6, 6.07) is 16.4. The second-order valence-electron chi connectivity index (χ2n) is 6.20. The maximum Gasteiger partial charge on any atom is 0.329 e. The molecule has 2 nitrogen and oxygen atoms in total. The fourth-order valence-electron chi connectivity index (χ4n) is 2.87. The molecule has 1 aliphatic heterocycles. The lowest BCUT2D eigenvalue weighted by Crippen LogP contribution is -2.48. The number of allylic oxidation sites excluding steroid dienone is 1. The normalized spacial score (nSPS) is 22.8. The molecule has 0 bridgehead atoms. The van der Waals surface area contributed by atoms with Crippen molar-refractivity contribution in [3.8, 4) is 0 Å². The van der Waals surface area contributed by atoms with Gasteiger partial charge < -0.3 is 4.74 Å². The summed E-state index contributed by atoms with van der Waals surface area (Å²) in [5, 5.41) is 0. The van der Waals surface area contributed by atoms with Crippen LogP contribution in [-0.2, 0) is 14.9 Å². The van der Waals surface area contributed by atoms with E-state index >= 15 is 0 Å². The zero-order chi connectivity index (χ0) is 15.9. The summed E-state index contributed by atoms with van der Waals surface area (Å²) in [5.41, 5.74) is 4.81. The number of benzene rings is 2. The van der Waals surface area contributed by atoms with E-state index in [-0.39, 0.29) is 5.97 Å². The standard InChI is InChI=1S/C20H20O2/c1-13-5-9-16(10-6-13)15(3)18-20(4,19(21)22-18)17-11-7-14(2)8-12-17/h5-12H,1-4H3/b18-15-. The molecule has 2 heteroatoms. The van der Waals surface area contributed by atoms with Crippen molar-refractivity contribution in [1.29, 1.82) is 0 Å². The number of hydrogen-bond acceptors (Lipinski definition) is 2. The first-order chi connectivity index (χ1) is 10.4. The Hall–Kier alpha value is -2.35. The van der Waals surface area contributed by atoms with Gasteiger partial charge in [-0.15, -0.1) is 0 Å². The number of esters is 1. The molecule has 1 aliphatic rings. The number of carbonyl (C=O) groups excluding carboxylic acids is 1. The van der Waals surface area contributed by atoms with Crippen LogP contribution >= 0.6 is 0 Å². The van der Waals surface area contributed by atoms with E-state index in [1.165, 1.54) is 11.1 Å². The third-order valence-electron chi connectivity index (χ3n) is 4.51. The van der Waals surface area contributed by atoms with Crippen molar-refractivity contribution in [2.24, 2.45) is 0 Å². The molecule has 2 aromatic rings. The Morgan fingerprint density at radius 3 is 1.91 bits per heavy atom. The molecule has 0 radical (unpaired) electrons. The van der Waals surface area contributed by atoms with Crippen molar-refractivity contribution in [2.45, 2.75) is 33.1 Å². The van der Waals surface area contributed by atoms with Crippen LogP contribution in [0.1, 0.15) is 36.1 Å². The van der Waals surface area contributed by atoms with E-state index in [4.69, 9.17) is 4.74 Å². The van der Waals surface area contributed by atoms with E-state index in [1.807, 2.05) is 45.0 Å². The highest BCUT2D eigenvalue weighted by Gasteiger charge is 2.53. The van der Waals surface area contributed by atoms with Gasteiger partial charge in [0.15, 0.2) is 0 Å². The third-order valence-corrected chi connectivity index (χ3v) is 4.51. The van der Waals surface area contributed by atoms with Crippen LogP contribution in [0.3, 0.4) is 0 Å². The smallest absolute Gasteiger partial charge is 0.329 e. The largest absolute Gasteiger partial charge is 0.428 e. The summed E-state index contributed by atoms with van der Waals surface area (Å²) in [6.07, 6.45) is 0. The van der Waals surface area contributed by atoms with Gasteiger partial charge in [0, 0.05) is 0 Å². The average Bonchev–Trinajstić information content (AvgIpc) is 2.52. The molecule has 2 aromatic carbocycles. The molecule has 1 unspecified atom stereocenters. The molecule has 3 rings (SSSR count). The first-order valence-corrected chi connectivity index (χ1v) is 7.51. The van der Waals surface area contributed by atoms with E-state index in [0.717, 1.165) is 22.5 Å². The zero-order valence-corrected chi connectivity index (χ0v) is 13.4. The summed E-state index contributed by atoms with van der Waals surface area (Å²) in [5.74, 6) is 0.572. The minimum atomic E-state index is -0.678. The zero-order valence-electron chi connectivity index (χ0n) is 13.4. The van der Waals surface area contributed by atoms with Gasteiger partial charge >= 0.3 is 5.97 Å². The molecule has 1 saturated heterocycles. The quantitative estimate of drug-likeness (QED) is 0.759. The van der Waals surface area contributed by atoms with Gasteiger partial charge in [0.25, 0.3) is 0 Å². The molecule has 112 valence electrons. The molecule has 22 heavy (non-hydrogen) atoms. The Morgan fingerprint density at radius 1 is 0.909 bits per heavy atom. The fraction of sp³-hybridized carbons (Fsp3) is 0.250. The molecule has 0 aromatic heterocycles. The van der Waals surface area contributed by atoms with Gasteiger partial charge in [0.05, 0.1) is 0 Å². The van der Waals surface area contributed by atoms with Gasteiger partial charge in [0.2, 0.25) is 0 Å². The molecule has 0 saturated carbocycles. The van der Waals surface area contributed by atoms with E-state index in [2.05, 4.69) is 31.2 Å². The van der Waals surface area contributed by atoms with Crippen molar-refractivity contribution in [3.05, 3.63) is 76.5 Å². The lowest BCUT2D eigenvalue weighted by atomic mass is 9.74. The fourth-order valence-corrected chi connectivity index (χ4v) is 2.87. The van der Waals surface area contributed by atoms with Crippen LogP contribution in [0.25, 0.3) is 5.57 Å². The number of rotatable bonds is 2. The Morgan fingerprint density at radius 2 is 1.41 bits per heavy atom. The Bertz CT molecular complexity index is 751. The molecule has 0 aliphatic carbocycles. The van der Waals surface area contributed by atoms with Crippen LogP contribution in [0.4, 0.5) is 0 Å². The molecular formula is C20H20O2. The van der Waals surface area contributed by atoms with Crippen LogP contribution < -0.4 is 0 Å². The van der Waals surface area contributed by atoms with E-state index in [0.29, 0.717) is 0 Å². The van der Waals surface area contributed by atoms with Crippen molar-refractivity contribution in [3.63, 3.8) is 0 Å². The van der Waals surface area contributed by atoms with Gasteiger partial charge in [-0.3, -0.25) is 4.79 Å². The number of hydrogen-bond donors (Lipinski definition) is 0. The van der Waals surface area contributed by atoms with Gasteiger partial charge in [0.1, 0.15) is 11.2 Å². The molecule has 1 fully saturated rings. The van der Waals surface area contributed by atoms with Crippen LogP contribution in [0, 0.1) is 13.8 Å². The molecular weight excluding hydrogens is 272 g/mol. The van der Waals surface area contributed by atoms with Gasteiger partial charge in [-0.2, -0.15) is 0 Å². The van der Waals surface area contributed by atoms with E-state index < -0.39 is 5.41 Å². The summed E-state index contributed by atoms with van der Waals surface area (Å²) < 4.78 is 5.43. The minimum Gasteiger partial charge on any atom is -0.428 e. The highest BCUT2D eigenvalue weighted by molar-refractivity contribution is 5.97. The lowest BCUT2D eigenvalue weighted by molar-refractivity contribution is -0.159. The monoisotopic (exact) mass is 292 g/mol. The maximum absolute atomic E-state index is 12.2. The first-order valence-electron chi connectivity index (χ1n) is 7.51. The SMILES string of the molecule is C/C(=C1/OC(=O)C1(C)c1ccc(C)cc1)c1ccc(C)cc1. The van der Waals surface area contributed by atoms with E-state index in [9.17, 15) is 4.79 Å². The van der Waals surface area contributed by atoms with E-state index in [1.54, 1.807) is 0 Å².